The number of nitrogens with one attached hydrogen (secondary N) is 1. The molecule has 1 saturated carbocycles. The zero-order valence-electron chi connectivity index (χ0n) is 16.3. The maximum atomic E-state index is 13.2. The Morgan fingerprint density at radius 3 is 2.32 bits per heavy atom. The van der Waals surface area contributed by atoms with Crippen molar-refractivity contribution in [2.45, 2.75) is 50.0 Å². The molecule has 2 aromatic carbocycles. The molecule has 1 fully saturated rings. The molecule has 6 heteroatoms. The summed E-state index contributed by atoms with van der Waals surface area (Å²) >= 11 is 0. The number of benzene rings is 2. The molecule has 0 unspecified atom stereocenters. The van der Waals surface area contributed by atoms with Gasteiger partial charge in [0.05, 0.1) is 11.4 Å². The lowest BCUT2D eigenvalue weighted by Crippen LogP contribution is -2.44. The summed E-state index contributed by atoms with van der Waals surface area (Å²) in [5.41, 5.74) is 2.04. The number of carbonyl (C=O) groups excluding carboxylic acids is 1. The number of aryl methyl sites for hydroxylation is 1. The third-order valence-corrected chi connectivity index (χ3v) is 7.05. The molecule has 28 heavy (non-hydrogen) atoms. The lowest BCUT2D eigenvalue weighted by atomic mass is 10.1. The summed E-state index contributed by atoms with van der Waals surface area (Å²) in [6, 6.07) is 16.7. The van der Waals surface area contributed by atoms with E-state index in [2.05, 4.69) is 5.32 Å². The molecule has 2 aromatic rings. The number of hydrogen-bond acceptors (Lipinski definition) is 3. The molecule has 1 aliphatic rings. The Morgan fingerprint density at radius 1 is 1.04 bits per heavy atom. The van der Waals surface area contributed by atoms with Gasteiger partial charge in [-0.25, -0.2) is 8.42 Å². The maximum absolute atomic E-state index is 13.2. The van der Waals surface area contributed by atoms with Gasteiger partial charge >= 0.3 is 0 Å². The highest BCUT2D eigenvalue weighted by Gasteiger charge is 2.27. The minimum absolute atomic E-state index is 0.153. The quantitative estimate of drug-likeness (QED) is 0.739. The zero-order valence-corrected chi connectivity index (χ0v) is 17.1. The van der Waals surface area contributed by atoms with Gasteiger partial charge < -0.3 is 5.32 Å². The van der Waals surface area contributed by atoms with Gasteiger partial charge in [0.2, 0.25) is 15.9 Å². The van der Waals surface area contributed by atoms with E-state index in [1.165, 1.54) is 4.31 Å². The van der Waals surface area contributed by atoms with Gasteiger partial charge in [-0.1, -0.05) is 60.9 Å². The van der Waals surface area contributed by atoms with Crippen molar-refractivity contribution < 1.29 is 13.2 Å². The van der Waals surface area contributed by atoms with Crippen molar-refractivity contribution in [2.24, 2.45) is 0 Å². The Bertz CT molecular complexity index is 874. The molecule has 150 valence electrons. The molecule has 1 aliphatic carbocycles. The zero-order chi connectivity index (χ0) is 20.0. The Kier molecular flexibility index (Phi) is 6.86. The van der Waals surface area contributed by atoms with Gasteiger partial charge in [-0.05, 0) is 43.9 Å². The van der Waals surface area contributed by atoms with Crippen molar-refractivity contribution in [2.75, 3.05) is 13.1 Å². The van der Waals surface area contributed by atoms with Crippen molar-refractivity contribution in [1.29, 1.82) is 0 Å². The van der Waals surface area contributed by atoms with Crippen molar-refractivity contribution in [1.82, 2.24) is 9.62 Å². The number of sulfonamides is 1. The predicted molar refractivity (Wildman–Crippen MR) is 110 cm³/mol. The van der Waals surface area contributed by atoms with Crippen LogP contribution >= 0.6 is 0 Å². The van der Waals surface area contributed by atoms with Gasteiger partial charge in [0.1, 0.15) is 0 Å². The fraction of sp³-hybridized carbons (Fsp3) is 0.409. The summed E-state index contributed by atoms with van der Waals surface area (Å²) in [6.07, 6.45) is 4.73. The fourth-order valence-corrected chi connectivity index (χ4v) is 4.94. The summed E-state index contributed by atoms with van der Waals surface area (Å²) in [7, 11) is -3.74. The molecule has 1 amide bonds. The first-order valence-corrected chi connectivity index (χ1v) is 11.3. The van der Waals surface area contributed by atoms with Crippen molar-refractivity contribution in [3.05, 3.63) is 65.7 Å². The monoisotopic (exact) mass is 400 g/mol. The van der Waals surface area contributed by atoms with E-state index in [1.54, 1.807) is 24.3 Å². The van der Waals surface area contributed by atoms with Crippen LogP contribution < -0.4 is 5.32 Å². The highest BCUT2D eigenvalue weighted by molar-refractivity contribution is 7.89. The number of nitrogens with zero attached hydrogens (tertiary/aromatic N) is 1. The van der Waals surface area contributed by atoms with E-state index in [-0.39, 0.29) is 29.9 Å². The summed E-state index contributed by atoms with van der Waals surface area (Å²) in [6.45, 7) is 2.02. The van der Waals surface area contributed by atoms with E-state index in [9.17, 15) is 13.2 Å². The average molecular weight is 401 g/mol. The number of amides is 1. The van der Waals surface area contributed by atoms with E-state index >= 15 is 0 Å². The van der Waals surface area contributed by atoms with Gasteiger partial charge in [-0.2, -0.15) is 4.31 Å². The van der Waals surface area contributed by atoms with Crippen LogP contribution in [0, 0.1) is 6.92 Å². The van der Waals surface area contributed by atoms with Crippen molar-refractivity contribution in [3.8, 4) is 0 Å². The second-order valence-electron chi connectivity index (χ2n) is 7.44. The SMILES string of the molecule is Cc1ccc(S(=O)(=O)N(CCc2ccccc2)CC(=O)NC2CCCC2)cc1. The van der Waals surface area contributed by atoms with Crippen LogP contribution in [0.5, 0.6) is 0 Å². The largest absolute Gasteiger partial charge is 0.352 e. The second kappa shape index (κ2) is 9.34. The van der Waals surface area contributed by atoms with Crippen molar-refractivity contribution in [3.63, 3.8) is 0 Å². The highest BCUT2D eigenvalue weighted by atomic mass is 32.2. The molecule has 0 spiro atoms. The lowest BCUT2D eigenvalue weighted by Gasteiger charge is -2.23. The van der Waals surface area contributed by atoms with Crippen LogP contribution in [0.25, 0.3) is 0 Å². The molecule has 0 aromatic heterocycles. The van der Waals surface area contributed by atoms with Gasteiger partial charge in [0.25, 0.3) is 0 Å². The molecular formula is C22H28N2O3S. The van der Waals surface area contributed by atoms with Gasteiger partial charge in [0, 0.05) is 12.6 Å². The van der Waals surface area contributed by atoms with Crippen LogP contribution in [0.2, 0.25) is 0 Å². The van der Waals surface area contributed by atoms with Gasteiger partial charge in [-0.3, -0.25) is 4.79 Å². The Labute approximate surface area is 167 Å². The van der Waals surface area contributed by atoms with E-state index < -0.39 is 10.0 Å². The third kappa shape index (κ3) is 5.42. The van der Waals surface area contributed by atoms with Crippen LogP contribution in [0.15, 0.2) is 59.5 Å². The lowest BCUT2D eigenvalue weighted by molar-refractivity contribution is -0.122. The Hall–Kier alpha value is -2.18. The number of carbonyl (C=O) groups is 1. The number of rotatable bonds is 8. The normalized spacial score (nSPS) is 15.1. The first kappa shape index (κ1) is 20.6. The molecule has 1 N–H and O–H groups in total. The molecule has 5 nitrogen and oxygen atoms in total. The minimum atomic E-state index is -3.74. The molecule has 0 radical (unpaired) electrons. The van der Waals surface area contributed by atoms with Crippen molar-refractivity contribution >= 4 is 15.9 Å². The van der Waals surface area contributed by atoms with Gasteiger partial charge in [0.15, 0.2) is 0 Å². The van der Waals surface area contributed by atoms with Crippen LogP contribution in [0.1, 0.15) is 36.8 Å². The molecule has 0 heterocycles. The minimum Gasteiger partial charge on any atom is -0.352 e. The predicted octanol–water partition coefficient (Wildman–Crippen LogP) is 3.29. The van der Waals surface area contributed by atoms with Gasteiger partial charge in [-0.15, -0.1) is 0 Å². The molecule has 0 saturated heterocycles. The van der Waals surface area contributed by atoms with E-state index in [0.29, 0.717) is 6.42 Å². The van der Waals surface area contributed by atoms with Crippen LogP contribution in [0.4, 0.5) is 0 Å². The summed E-state index contributed by atoms with van der Waals surface area (Å²) < 4.78 is 27.7. The standard InChI is InChI=1S/C22H28N2O3S/c1-18-11-13-21(14-12-18)28(26,27)24(16-15-19-7-3-2-4-8-19)17-22(25)23-20-9-5-6-10-20/h2-4,7-8,11-14,20H,5-6,9-10,15-17H2,1H3,(H,23,25). The molecule has 0 atom stereocenters. The van der Waals surface area contributed by atoms with Crippen LogP contribution in [-0.2, 0) is 21.2 Å². The fourth-order valence-electron chi connectivity index (χ4n) is 3.55. The summed E-state index contributed by atoms with van der Waals surface area (Å²) in [5, 5.41) is 3.00. The van der Waals surface area contributed by atoms with E-state index in [0.717, 1.165) is 36.8 Å². The molecule has 3 rings (SSSR count). The Morgan fingerprint density at radius 2 is 1.68 bits per heavy atom. The topological polar surface area (TPSA) is 66.5 Å². The molecule has 0 bridgehead atoms. The third-order valence-electron chi connectivity index (χ3n) is 5.19. The van der Waals surface area contributed by atoms with E-state index in [1.807, 2.05) is 37.3 Å². The average Bonchev–Trinajstić information content (AvgIpc) is 3.19. The first-order valence-electron chi connectivity index (χ1n) is 9.85. The number of hydrogen-bond donors (Lipinski definition) is 1. The smallest absolute Gasteiger partial charge is 0.243 e. The summed E-state index contributed by atoms with van der Waals surface area (Å²) in [5.74, 6) is -0.226. The molecule has 0 aliphatic heterocycles. The van der Waals surface area contributed by atoms with Crippen LogP contribution in [-0.4, -0.2) is 37.8 Å². The highest BCUT2D eigenvalue weighted by Crippen LogP contribution is 2.19. The van der Waals surface area contributed by atoms with E-state index in [4.69, 9.17) is 0 Å². The Balaban J connectivity index is 1.76. The second-order valence-corrected chi connectivity index (χ2v) is 9.37. The first-order chi connectivity index (χ1) is 13.4. The maximum Gasteiger partial charge on any atom is 0.243 e. The molecular weight excluding hydrogens is 372 g/mol. The summed E-state index contributed by atoms with van der Waals surface area (Å²) in [4.78, 5) is 12.8. The van der Waals surface area contributed by atoms with Crippen LogP contribution in [0.3, 0.4) is 0 Å².